The molecule has 0 atom stereocenters. The molecule has 0 bridgehead atoms. The first-order chi connectivity index (χ1) is 42.2. The van der Waals surface area contributed by atoms with Gasteiger partial charge in [-0.3, -0.25) is 24.0 Å². The Balaban J connectivity index is 0.000000170. The average Bonchev–Trinajstić information content (AvgIpc) is 3.75. The molecule has 0 radical (unpaired) electrons. The third-order valence-electron chi connectivity index (χ3n) is 15.2. The number of hydrogen-bond acceptors (Lipinski definition) is 12. The molecule has 7 aromatic carbocycles. The first kappa shape index (κ1) is 64.7. The van der Waals surface area contributed by atoms with Gasteiger partial charge in [-0.1, -0.05) is 145 Å². The second kappa shape index (κ2) is 33.0. The van der Waals surface area contributed by atoms with Crippen molar-refractivity contribution < 1.29 is 38.2 Å². The minimum absolute atomic E-state index is 0.00490. The molecule has 17 heteroatoms. The SMILES string of the molecule is C=C(C)N1CCN(c2ccccc2CC(=O)COc2ccccc2Cl)CC1.CCC(=O)N1CCN(c2ccccc2CC(=O)COc2ccccc2Cl)CC1.O=C(COc1ccc(Cl)cc1)Cc1ccccc1N1CCN(C(=O)c2ccccc2)CC1. The Labute approximate surface area is 526 Å². The fourth-order valence-corrected chi connectivity index (χ4v) is 11.0. The number of amides is 2. The van der Waals surface area contributed by atoms with Crippen LogP contribution >= 0.6 is 34.8 Å². The van der Waals surface area contributed by atoms with Crippen molar-refractivity contribution in [3.63, 3.8) is 0 Å². The van der Waals surface area contributed by atoms with Crippen molar-refractivity contribution in [1.82, 2.24) is 14.7 Å². The van der Waals surface area contributed by atoms with Crippen LogP contribution in [0.3, 0.4) is 0 Å². The van der Waals surface area contributed by atoms with Crippen LogP contribution in [-0.4, -0.2) is 142 Å². The molecule has 0 aliphatic carbocycles. The van der Waals surface area contributed by atoms with E-state index in [1.807, 2.05) is 145 Å². The Morgan fingerprint density at radius 1 is 0.414 bits per heavy atom. The largest absolute Gasteiger partial charge is 0.486 e. The summed E-state index contributed by atoms with van der Waals surface area (Å²) in [5.41, 5.74) is 8.03. The number of anilines is 3. The molecule has 0 spiro atoms. The van der Waals surface area contributed by atoms with Crippen LogP contribution in [0.1, 0.15) is 47.3 Å². The zero-order valence-electron chi connectivity index (χ0n) is 49.5. The summed E-state index contributed by atoms with van der Waals surface area (Å²) < 4.78 is 16.8. The van der Waals surface area contributed by atoms with Crippen molar-refractivity contribution in [3.8, 4) is 17.2 Å². The smallest absolute Gasteiger partial charge is 0.253 e. The predicted molar refractivity (Wildman–Crippen MR) is 349 cm³/mol. The lowest BCUT2D eigenvalue weighted by Crippen LogP contribution is -2.49. The Morgan fingerprint density at radius 3 is 1.17 bits per heavy atom. The van der Waals surface area contributed by atoms with E-state index in [9.17, 15) is 24.0 Å². The predicted octanol–water partition coefficient (Wildman–Crippen LogP) is 12.3. The highest BCUT2D eigenvalue weighted by atomic mass is 35.5. The molecule has 454 valence electrons. The van der Waals surface area contributed by atoms with E-state index in [1.54, 1.807) is 48.5 Å². The van der Waals surface area contributed by atoms with E-state index in [-0.39, 0.29) is 49.0 Å². The zero-order valence-corrected chi connectivity index (χ0v) is 51.7. The third-order valence-corrected chi connectivity index (χ3v) is 16.0. The van der Waals surface area contributed by atoms with Crippen molar-refractivity contribution in [3.05, 3.63) is 226 Å². The van der Waals surface area contributed by atoms with Gasteiger partial charge in [0, 0.05) is 138 Å². The van der Waals surface area contributed by atoms with Gasteiger partial charge in [-0.05, 0) is 102 Å². The maximum Gasteiger partial charge on any atom is 0.253 e. The van der Waals surface area contributed by atoms with E-state index in [1.165, 1.54) is 0 Å². The van der Waals surface area contributed by atoms with Gasteiger partial charge in [0.2, 0.25) is 5.91 Å². The highest BCUT2D eigenvalue weighted by Gasteiger charge is 2.26. The van der Waals surface area contributed by atoms with Crippen LogP contribution in [0.15, 0.2) is 188 Å². The van der Waals surface area contributed by atoms with Crippen molar-refractivity contribution >= 4 is 81.0 Å². The maximum atomic E-state index is 12.7. The fourth-order valence-electron chi connectivity index (χ4n) is 10.5. The molecule has 3 aliphatic rings. The number of hydrogen-bond donors (Lipinski definition) is 0. The van der Waals surface area contributed by atoms with Gasteiger partial charge in [-0.25, -0.2) is 0 Å². The number of carbonyl (C=O) groups is 5. The molecule has 7 aromatic rings. The normalized spacial score (nSPS) is 13.9. The summed E-state index contributed by atoms with van der Waals surface area (Å²) in [5.74, 6) is 1.96. The number of rotatable bonds is 21. The number of allylic oxidation sites excluding steroid dienone is 1. The summed E-state index contributed by atoms with van der Waals surface area (Å²) in [6, 6.07) is 54.7. The summed E-state index contributed by atoms with van der Waals surface area (Å²) in [5, 5.41) is 1.64. The van der Waals surface area contributed by atoms with Gasteiger partial charge in [0.25, 0.3) is 5.91 Å². The van der Waals surface area contributed by atoms with Gasteiger partial charge in [0.15, 0.2) is 17.3 Å². The van der Waals surface area contributed by atoms with Gasteiger partial charge in [-0.15, -0.1) is 0 Å². The van der Waals surface area contributed by atoms with Crippen molar-refractivity contribution in [1.29, 1.82) is 0 Å². The minimum Gasteiger partial charge on any atom is -0.486 e. The second-order valence-electron chi connectivity index (χ2n) is 21.3. The maximum absolute atomic E-state index is 12.7. The monoisotopic (exact) mass is 1230 g/mol. The van der Waals surface area contributed by atoms with Gasteiger partial charge >= 0.3 is 0 Å². The average molecular weight is 1230 g/mol. The van der Waals surface area contributed by atoms with E-state index in [0.717, 1.165) is 91.8 Å². The Morgan fingerprint density at radius 2 is 0.770 bits per heavy atom. The van der Waals surface area contributed by atoms with Crippen molar-refractivity contribution in [2.75, 3.05) is 113 Å². The number of para-hydroxylation sites is 5. The summed E-state index contributed by atoms with van der Waals surface area (Å²) in [6.45, 7) is 17.4. The number of piperazine rings is 3. The minimum atomic E-state index is -0.0170. The van der Waals surface area contributed by atoms with Crippen molar-refractivity contribution in [2.45, 2.75) is 39.5 Å². The molecule has 2 amide bonds. The Hall–Kier alpha value is -8.30. The highest BCUT2D eigenvalue weighted by Crippen LogP contribution is 2.29. The van der Waals surface area contributed by atoms with E-state index in [2.05, 4.69) is 32.2 Å². The van der Waals surface area contributed by atoms with Crippen LogP contribution in [0.2, 0.25) is 15.1 Å². The first-order valence-electron chi connectivity index (χ1n) is 29.4. The van der Waals surface area contributed by atoms with Crippen molar-refractivity contribution in [2.24, 2.45) is 0 Å². The van der Waals surface area contributed by atoms with Crippen LogP contribution in [0.25, 0.3) is 0 Å². The summed E-state index contributed by atoms with van der Waals surface area (Å²) in [4.78, 5) is 75.0. The molecular weight excluding hydrogens is 1160 g/mol. The quantitative estimate of drug-likeness (QED) is 0.0678. The topological polar surface area (TPSA) is 132 Å². The second-order valence-corrected chi connectivity index (χ2v) is 22.5. The number of halogens is 3. The fraction of sp³-hybridized carbons (Fsp3) is 0.300. The highest BCUT2D eigenvalue weighted by molar-refractivity contribution is 6.32. The molecule has 0 N–H and O–H groups in total. The zero-order chi connectivity index (χ0) is 61.5. The van der Waals surface area contributed by atoms with Crippen LogP contribution in [0, 0.1) is 0 Å². The lowest BCUT2D eigenvalue weighted by Gasteiger charge is -2.38. The van der Waals surface area contributed by atoms with Gasteiger partial charge in [-0.2, -0.15) is 0 Å². The lowest BCUT2D eigenvalue weighted by molar-refractivity contribution is -0.131. The number of carbonyl (C=O) groups excluding carboxylic acids is 5. The molecule has 3 fully saturated rings. The van der Waals surface area contributed by atoms with Crippen LogP contribution in [0.5, 0.6) is 17.2 Å². The Kier molecular flexibility index (Phi) is 24.5. The van der Waals surface area contributed by atoms with Gasteiger partial charge < -0.3 is 43.6 Å². The first-order valence-corrected chi connectivity index (χ1v) is 30.6. The lowest BCUT2D eigenvalue weighted by atomic mass is 10.1. The Bertz CT molecular complexity index is 3420. The van der Waals surface area contributed by atoms with Crippen LogP contribution in [0.4, 0.5) is 17.1 Å². The third kappa shape index (κ3) is 19.3. The number of ketones is 3. The molecule has 0 aromatic heterocycles. The number of nitrogens with zero attached hydrogens (tertiary/aromatic N) is 6. The van der Waals surface area contributed by atoms with Gasteiger partial charge in [0.1, 0.15) is 37.1 Å². The number of ether oxygens (including phenoxy) is 3. The van der Waals surface area contributed by atoms with E-state index < -0.39 is 0 Å². The van der Waals surface area contributed by atoms with E-state index >= 15 is 0 Å². The standard InChI is InChI=1S/C26H25ClN2O3.C22H25ClN2O3.C22H25ClN2O2/c27-22-10-12-24(13-11-22)32-19-23(30)18-21-8-4-5-9-25(21)28-14-16-29(17-15-28)26(31)20-6-2-1-3-7-20;1-2-22(27)25-13-11-24(12-14-25)20-9-5-3-7-17(20)15-18(26)16-28-21-10-6-4-8-19(21)23;1-17(2)24-11-13-25(14-12-24)21-9-5-3-7-18(21)15-19(26)16-27-22-10-6-4-8-20(22)23/h1-13H,14-19H2;3-10H,2,11-16H2,1H3;3-10H,1,11-16H2,2H3. The molecule has 10 rings (SSSR count). The van der Waals surface area contributed by atoms with Crippen LogP contribution < -0.4 is 28.9 Å². The number of benzene rings is 7. The summed E-state index contributed by atoms with van der Waals surface area (Å²) >= 11 is 18.0. The molecule has 3 aliphatic heterocycles. The molecular formula is C70H75Cl3N6O8. The van der Waals surface area contributed by atoms with Crippen LogP contribution in [-0.2, 0) is 38.4 Å². The van der Waals surface area contributed by atoms with E-state index in [0.29, 0.717) is 89.7 Å². The molecule has 87 heavy (non-hydrogen) atoms. The molecule has 0 saturated carbocycles. The number of Topliss-reactive ketones (excluding diaryl/α,β-unsaturated/α-hetero) is 3. The molecule has 3 saturated heterocycles. The van der Waals surface area contributed by atoms with Gasteiger partial charge in [0.05, 0.1) is 10.0 Å². The van der Waals surface area contributed by atoms with E-state index in [4.69, 9.17) is 49.0 Å². The summed E-state index contributed by atoms with van der Waals surface area (Å²) in [6.07, 6.45) is 1.49. The molecule has 3 heterocycles. The summed E-state index contributed by atoms with van der Waals surface area (Å²) in [7, 11) is 0. The molecule has 14 nitrogen and oxygen atoms in total. The molecule has 0 unspecified atom stereocenters.